The number of para-hydroxylation sites is 1. The van der Waals surface area contributed by atoms with Crippen molar-refractivity contribution in [3.63, 3.8) is 0 Å². The Kier molecular flexibility index (Phi) is 5.54. The van der Waals surface area contributed by atoms with Crippen molar-refractivity contribution in [1.29, 1.82) is 0 Å². The maximum absolute atomic E-state index is 13.5. The number of aryl methyl sites for hydroxylation is 1. The fraction of sp³-hybridized carbons (Fsp3) is 0.360. The molecule has 1 atom stereocenters. The molecule has 0 spiro atoms. The fourth-order valence-electron chi connectivity index (χ4n) is 4.77. The average Bonchev–Trinajstić information content (AvgIpc) is 2.66. The minimum atomic E-state index is -0.342. The zero-order valence-corrected chi connectivity index (χ0v) is 19.0. The Hall–Kier alpha value is -2.10. The topological polar surface area (TPSA) is 37.4 Å². The highest BCUT2D eigenvalue weighted by Crippen LogP contribution is 2.49. The molecule has 0 bridgehead atoms. The van der Waals surface area contributed by atoms with Crippen LogP contribution < -0.4 is 4.90 Å². The molecule has 0 saturated heterocycles. The van der Waals surface area contributed by atoms with Gasteiger partial charge in [-0.05, 0) is 47.6 Å². The van der Waals surface area contributed by atoms with E-state index in [0.717, 1.165) is 34.5 Å². The minimum absolute atomic E-state index is 0.00355. The number of allylic oxidation sites excluding steroid dienone is 2. The summed E-state index contributed by atoms with van der Waals surface area (Å²) in [7, 11) is 0. The molecule has 1 aliphatic heterocycles. The number of hydrogen-bond donors (Lipinski definition) is 0. The Labute approximate surface area is 187 Å². The van der Waals surface area contributed by atoms with E-state index in [0.29, 0.717) is 22.9 Å². The molecule has 30 heavy (non-hydrogen) atoms. The third-order valence-electron chi connectivity index (χ3n) is 6.09. The van der Waals surface area contributed by atoms with Gasteiger partial charge in [-0.15, -0.1) is 0 Å². The molecule has 0 radical (unpaired) electrons. The van der Waals surface area contributed by atoms with Crippen molar-refractivity contribution in [1.82, 2.24) is 0 Å². The van der Waals surface area contributed by atoms with Crippen molar-refractivity contribution < 1.29 is 9.59 Å². The van der Waals surface area contributed by atoms with Crippen molar-refractivity contribution in [2.45, 2.75) is 52.4 Å². The lowest BCUT2D eigenvalue weighted by Crippen LogP contribution is -2.44. The minimum Gasteiger partial charge on any atom is -0.294 e. The van der Waals surface area contributed by atoms with E-state index in [4.69, 9.17) is 23.2 Å². The van der Waals surface area contributed by atoms with Crippen molar-refractivity contribution >= 4 is 40.6 Å². The molecular weight excluding hydrogens is 417 g/mol. The van der Waals surface area contributed by atoms with Gasteiger partial charge in [-0.3, -0.25) is 14.5 Å². The summed E-state index contributed by atoms with van der Waals surface area (Å²) in [5.41, 5.74) is 4.11. The number of carbonyl (C=O) groups is 2. The van der Waals surface area contributed by atoms with Gasteiger partial charge in [0.05, 0.1) is 5.69 Å². The van der Waals surface area contributed by atoms with Crippen LogP contribution in [-0.2, 0) is 16.0 Å². The Balaban J connectivity index is 1.94. The van der Waals surface area contributed by atoms with Crippen LogP contribution in [0.25, 0.3) is 0 Å². The van der Waals surface area contributed by atoms with Gasteiger partial charge in [0, 0.05) is 40.1 Å². The van der Waals surface area contributed by atoms with Gasteiger partial charge in [0.2, 0.25) is 5.91 Å². The molecule has 2 aliphatic rings. The lowest BCUT2D eigenvalue weighted by molar-refractivity contribution is -0.121. The first-order valence-electron chi connectivity index (χ1n) is 10.3. The summed E-state index contributed by atoms with van der Waals surface area (Å²) in [4.78, 5) is 28.7. The second-order valence-electron chi connectivity index (χ2n) is 8.94. The second-order valence-corrected chi connectivity index (χ2v) is 9.78. The lowest BCUT2D eigenvalue weighted by atomic mass is 9.69. The molecule has 5 heteroatoms. The van der Waals surface area contributed by atoms with E-state index < -0.39 is 0 Å². The van der Waals surface area contributed by atoms with Crippen LogP contribution in [0.2, 0.25) is 10.0 Å². The summed E-state index contributed by atoms with van der Waals surface area (Å²) in [6.07, 6.45) is 2.15. The van der Waals surface area contributed by atoms with Crippen molar-refractivity contribution in [2.24, 2.45) is 5.41 Å². The monoisotopic (exact) mass is 441 g/mol. The van der Waals surface area contributed by atoms with E-state index in [-0.39, 0.29) is 29.4 Å². The molecular formula is C25H25Cl2NO2. The maximum Gasteiger partial charge on any atom is 0.232 e. The number of rotatable bonds is 3. The Bertz CT molecular complexity index is 1070. The Morgan fingerprint density at radius 1 is 1.07 bits per heavy atom. The van der Waals surface area contributed by atoms with Gasteiger partial charge in [0.1, 0.15) is 0 Å². The molecule has 2 aromatic carbocycles. The van der Waals surface area contributed by atoms with Crippen LogP contribution in [0.3, 0.4) is 0 Å². The summed E-state index contributed by atoms with van der Waals surface area (Å²) < 4.78 is 0. The highest BCUT2D eigenvalue weighted by atomic mass is 35.5. The molecule has 1 unspecified atom stereocenters. The fourth-order valence-corrected chi connectivity index (χ4v) is 5.31. The van der Waals surface area contributed by atoms with Crippen LogP contribution in [0.1, 0.15) is 57.1 Å². The van der Waals surface area contributed by atoms with Crippen molar-refractivity contribution in [3.05, 3.63) is 74.9 Å². The van der Waals surface area contributed by atoms with E-state index in [2.05, 4.69) is 20.8 Å². The van der Waals surface area contributed by atoms with Crippen LogP contribution in [-0.4, -0.2) is 11.7 Å². The van der Waals surface area contributed by atoms with E-state index in [1.165, 1.54) is 0 Å². The highest BCUT2D eigenvalue weighted by molar-refractivity contribution is 6.35. The number of amides is 1. The zero-order chi connectivity index (χ0) is 21.6. The van der Waals surface area contributed by atoms with Gasteiger partial charge in [-0.1, -0.05) is 68.2 Å². The van der Waals surface area contributed by atoms with Crippen molar-refractivity contribution in [2.75, 3.05) is 4.90 Å². The van der Waals surface area contributed by atoms with E-state index >= 15 is 0 Å². The predicted octanol–water partition coefficient (Wildman–Crippen LogP) is 6.72. The first-order valence-corrected chi connectivity index (χ1v) is 11.1. The quantitative estimate of drug-likeness (QED) is 0.529. The second kappa shape index (κ2) is 7.86. The number of benzene rings is 2. The summed E-state index contributed by atoms with van der Waals surface area (Å²) in [6, 6.07) is 13.2. The molecule has 3 nitrogen and oxygen atoms in total. The molecule has 0 fully saturated rings. The van der Waals surface area contributed by atoms with Crippen LogP contribution in [0, 0.1) is 5.41 Å². The third kappa shape index (κ3) is 3.70. The number of anilines is 1. The van der Waals surface area contributed by atoms with Crippen molar-refractivity contribution in [3.8, 4) is 0 Å². The lowest BCUT2D eigenvalue weighted by Gasteiger charge is -2.43. The van der Waals surface area contributed by atoms with E-state index in [1.807, 2.05) is 30.3 Å². The van der Waals surface area contributed by atoms with E-state index in [9.17, 15) is 9.59 Å². The summed E-state index contributed by atoms with van der Waals surface area (Å²) in [5.74, 6) is -0.245. The number of Topliss-reactive ketones (excluding diaryl/α,β-unsaturated/α-hetero) is 1. The van der Waals surface area contributed by atoms with Gasteiger partial charge in [0.15, 0.2) is 5.78 Å². The largest absolute Gasteiger partial charge is 0.294 e. The van der Waals surface area contributed by atoms with Crippen LogP contribution in [0.4, 0.5) is 5.69 Å². The van der Waals surface area contributed by atoms with Crippen LogP contribution in [0.5, 0.6) is 0 Å². The van der Waals surface area contributed by atoms with Gasteiger partial charge in [0.25, 0.3) is 0 Å². The average molecular weight is 442 g/mol. The number of halogens is 2. The molecule has 1 aliphatic carbocycles. The molecule has 4 rings (SSSR count). The van der Waals surface area contributed by atoms with Gasteiger partial charge >= 0.3 is 0 Å². The molecule has 0 saturated carbocycles. The third-order valence-corrected chi connectivity index (χ3v) is 6.66. The van der Waals surface area contributed by atoms with Gasteiger partial charge in [-0.2, -0.15) is 0 Å². The SMILES string of the molecule is CCc1ccccc1N1C(=O)CC(c2ccc(Cl)cc2Cl)C2=C1CC(C)(C)CC2=O. The first kappa shape index (κ1) is 21.1. The summed E-state index contributed by atoms with van der Waals surface area (Å²) in [6.45, 7) is 6.25. The number of hydrogen-bond acceptors (Lipinski definition) is 2. The summed E-state index contributed by atoms with van der Waals surface area (Å²) in [5, 5.41) is 1.03. The Morgan fingerprint density at radius 3 is 2.50 bits per heavy atom. The normalized spacial score (nSPS) is 21.1. The molecule has 0 aromatic heterocycles. The standard InChI is InChI=1S/C25H25Cl2NO2/c1-4-15-7-5-6-8-20(15)28-21-13-25(2,3)14-22(29)24(21)18(12-23(28)30)17-10-9-16(26)11-19(17)27/h5-11,18H,4,12-14H2,1-3H3. The summed E-state index contributed by atoms with van der Waals surface area (Å²) >= 11 is 12.6. The van der Waals surface area contributed by atoms with Gasteiger partial charge in [-0.25, -0.2) is 0 Å². The number of ketones is 1. The predicted molar refractivity (Wildman–Crippen MR) is 122 cm³/mol. The number of nitrogens with zero attached hydrogens (tertiary/aromatic N) is 1. The zero-order valence-electron chi connectivity index (χ0n) is 17.5. The number of carbonyl (C=O) groups excluding carboxylic acids is 2. The molecule has 156 valence electrons. The van der Waals surface area contributed by atoms with Gasteiger partial charge < -0.3 is 0 Å². The maximum atomic E-state index is 13.5. The molecule has 1 amide bonds. The highest BCUT2D eigenvalue weighted by Gasteiger charge is 2.45. The van der Waals surface area contributed by atoms with E-state index in [1.54, 1.807) is 17.0 Å². The molecule has 0 N–H and O–H groups in total. The molecule has 1 heterocycles. The van der Waals surface area contributed by atoms with Crippen LogP contribution >= 0.6 is 23.2 Å². The smallest absolute Gasteiger partial charge is 0.232 e. The first-order chi connectivity index (χ1) is 14.2. The molecule has 2 aromatic rings. The van der Waals surface area contributed by atoms with Crippen LogP contribution in [0.15, 0.2) is 53.7 Å². The Morgan fingerprint density at radius 2 is 1.80 bits per heavy atom.